The number of benzene rings is 2. The highest BCUT2D eigenvalue weighted by Gasteiger charge is 2.17. The summed E-state index contributed by atoms with van der Waals surface area (Å²) in [6, 6.07) is 12.2. The first-order valence-corrected chi connectivity index (χ1v) is 5.68. The van der Waals surface area contributed by atoms with Crippen molar-refractivity contribution in [3.05, 3.63) is 53.1 Å². The number of halogens is 1. The lowest BCUT2D eigenvalue weighted by Crippen LogP contribution is -2.01. The average Bonchev–Trinajstić information content (AvgIpc) is 2.38. The van der Waals surface area contributed by atoms with E-state index in [4.69, 9.17) is 16.3 Å². The average molecular weight is 263 g/mol. The monoisotopic (exact) mass is 262 g/mol. The number of ether oxygens (including phenoxy) is 1. The molecule has 92 valence electrons. The van der Waals surface area contributed by atoms with Crippen molar-refractivity contribution in [3.63, 3.8) is 0 Å². The summed E-state index contributed by atoms with van der Waals surface area (Å²) < 4.78 is 5.24. The Hall–Kier alpha value is -2.00. The van der Waals surface area contributed by atoms with Gasteiger partial charge in [-0.15, -0.1) is 0 Å². The van der Waals surface area contributed by atoms with Gasteiger partial charge in [0.15, 0.2) is 0 Å². The maximum atomic E-state index is 11.3. The Labute approximate surface area is 110 Å². The highest BCUT2D eigenvalue weighted by molar-refractivity contribution is 6.34. The summed E-state index contributed by atoms with van der Waals surface area (Å²) in [7, 11) is 1.55. The Bertz CT molecular complexity index is 593. The molecule has 0 unspecified atom stereocenters. The topological polar surface area (TPSA) is 46.5 Å². The van der Waals surface area contributed by atoms with Gasteiger partial charge in [0, 0.05) is 11.1 Å². The highest BCUT2D eigenvalue weighted by atomic mass is 35.5. The Morgan fingerprint density at radius 1 is 1.11 bits per heavy atom. The first-order chi connectivity index (χ1) is 8.65. The zero-order valence-electron chi connectivity index (χ0n) is 9.68. The van der Waals surface area contributed by atoms with Crippen LogP contribution in [0.3, 0.4) is 0 Å². The van der Waals surface area contributed by atoms with Gasteiger partial charge in [0.1, 0.15) is 5.75 Å². The van der Waals surface area contributed by atoms with E-state index in [1.807, 2.05) is 12.1 Å². The van der Waals surface area contributed by atoms with Gasteiger partial charge in [-0.05, 0) is 12.1 Å². The molecular weight excluding hydrogens is 252 g/mol. The van der Waals surface area contributed by atoms with E-state index in [0.717, 1.165) is 0 Å². The minimum Gasteiger partial charge on any atom is -0.496 e. The minimum absolute atomic E-state index is 0.0867. The molecule has 0 radical (unpaired) electrons. The van der Waals surface area contributed by atoms with Gasteiger partial charge >= 0.3 is 5.97 Å². The number of rotatable bonds is 3. The molecule has 0 bridgehead atoms. The molecule has 1 N–H and O–H groups in total. The van der Waals surface area contributed by atoms with Crippen molar-refractivity contribution < 1.29 is 14.6 Å². The second kappa shape index (κ2) is 5.10. The van der Waals surface area contributed by atoms with Crippen molar-refractivity contribution in [1.82, 2.24) is 0 Å². The molecule has 0 aliphatic heterocycles. The fraction of sp³-hybridized carbons (Fsp3) is 0.0714. The third-order valence-electron chi connectivity index (χ3n) is 2.62. The van der Waals surface area contributed by atoms with Crippen LogP contribution in [-0.4, -0.2) is 18.2 Å². The standard InChI is InChI=1S/C14H11ClO3/c1-18-12-8-3-2-5-9(12)10-6-4-7-11(15)13(10)14(16)17/h2-8H,1H3,(H,16,17). The molecule has 0 saturated heterocycles. The van der Waals surface area contributed by atoms with Crippen LogP contribution >= 0.6 is 11.6 Å². The van der Waals surface area contributed by atoms with E-state index in [1.54, 1.807) is 37.4 Å². The van der Waals surface area contributed by atoms with Crippen molar-refractivity contribution in [2.75, 3.05) is 7.11 Å². The fourth-order valence-electron chi connectivity index (χ4n) is 1.83. The molecule has 0 heterocycles. The molecule has 0 aliphatic carbocycles. The number of hydrogen-bond donors (Lipinski definition) is 1. The smallest absolute Gasteiger partial charge is 0.337 e. The number of methoxy groups -OCH3 is 1. The third-order valence-corrected chi connectivity index (χ3v) is 2.94. The fourth-order valence-corrected chi connectivity index (χ4v) is 2.09. The second-order valence-corrected chi connectivity index (χ2v) is 4.08. The summed E-state index contributed by atoms with van der Waals surface area (Å²) in [5.41, 5.74) is 1.34. The van der Waals surface area contributed by atoms with Crippen molar-refractivity contribution >= 4 is 17.6 Å². The molecule has 0 aromatic heterocycles. The molecule has 2 rings (SSSR count). The lowest BCUT2D eigenvalue weighted by atomic mass is 9.99. The van der Waals surface area contributed by atoms with Crippen LogP contribution in [0.1, 0.15) is 10.4 Å². The summed E-state index contributed by atoms with van der Waals surface area (Å²) in [4.78, 5) is 11.3. The predicted octanol–water partition coefficient (Wildman–Crippen LogP) is 3.71. The van der Waals surface area contributed by atoms with Crippen LogP contribution in [0.2, 0.25) is 5.02 Å². The zero-order chi connectivity index (χ0) is 13.1. The molecule has 0 fully saturated rings. The lowest BCUT2D eigenvalue weighted by molar-refractivity contribution is 0.0698. The van der Waals surface area contributed by atoms with Crippen molar-refractivity contribution in [3.8, 4) is 16.9 Å². The second-order valence-electron chi connectivity index (χ2n) is 3.67. The van der Waals surface area contributed by atoms with Crippen LogP contribution in [-0.2, 0) is 0 Å². The van der Waals surface area contributed by atoms with Crippen LogP contribution in [0.4, 0.5) is 0 Å². The number of para-hydroxylation sites is 1. The van der Waals surface area contributed by atoms with Gasteiger partial charge < -0.3 is 9.84 Å². The molecule has 4 heteroatoms. The SMILES string of the molecule is COc1ccccc1-c1cccc(Cl)c1C(=O)O. The summed E-state index contributed by atoms with van der Waals surface area (Å²) in [6.07, 6.45) is 0. The molecule has 0 spiro atoms. The molecule has 3 nitrogen and oxygen atoms in total. The molecule has 18 heavy (non-hydrogen) atoms. The summed E-state index contributed by atoms with van der Waals surface area (Å²) in [6.45, 7) is 0. The number of hydrogen-bond acceptors (Lipinski definition) is 2. The van der Waals surface area contributed by atoms with Crippen LogP contribution in [0.25, 0.3) is 11.1 Å². The maximum Gasteiger partial charge on any atom is 0.337 e. The van der Waals surface area contributed by atoms with E-state index in [-0.39, 0.29) is 10.6 Å². The van der Waals surface area contributed by atoms with Gasteiger partial charge in [0.25, 0.3) is 0 Å². The zero-order valence-corrected chi connectivity index (χ0v) is 10.4. The first kappa shape index (κ1) is 12.5. The van der Waals surface area contributed by atoms with Gasteiger partial charge in [-0.2, -0.15) is 0 Å². The highest BCUT2D eigenvalue weighted by Crippen LogP contribution is 2.34. The normalized spacial score (nSPS) is 10.1. The van der Waals surface area contributed by atoms with Crippen molar-refractivity contribution in [2.24, 2.45) is 0 Å². The van der Waals surface area contributed by atoms with Crippen molar-refractivity contribution in [1.29, 1.82) is 0 Å². The molecular formula is C14H11ClO3. The van der Waals surface area contributed by atoms with Crippen LogP contribution in [0, 0.1) is 0 Å². The Balaban J connectivity index is 2.71. The lowest BCUT2D eigenvalue weighted by Gasteiger charge is -2.11. The van der Waals surface area contributed by atoms with E-state index in [9.17, 15) is 9.90 Å². The largest absolute Gasteiger partial charge is 0.496 e. The maximum absolute atomic E-state index is 11.3. The van der Waals surface area contributed by atoms with Gasteiger partial charge in [-0.1, -0.05) is 41.9 Å². The third kappa shape index (κ3) is 2.17. The summed E-state index contributed by atoms with van der Waals surface area (Å²) >= 11 is 5.95. The van der Waals surface area contributed by atoms with E-state index >= 15 is 0 Å². The molecule has 0 saturated carbocycles. The first-order valence-electron chi connectivity index (χ1n) is 5.30. The van der Waals surface area contributed by atoms with Crippen LogP contribution < -0.4 is 4.74 Å². The van der Waals surface area contributed by atoms with Gasteiger partial charge in [-0.25, -0.2) is 4.79 Å². The summed E-state index contributed by atoms with van der Waals surface area (Å²) in [5.74, 6) is -0.441. The van der Waals surface area contributed by atoms with Gasteiger partial charge in [-0.3, -0.25) is 0 Å². The number of carbonyl (C=O) groups is 1. The summed E-state index contributed by atoms with van der Waals surface area (Å²) in [5, 5.41) is 9.46. The van der Waals surface area contributed by atoms with Crippen LogP contribution in [0.5, 0.6) is 5.75 Å². The Kier molecular flexibility index (Phi) is 3.53. The van der Waals surface area contributed by atoms with E-state index in [1.165, 1.54) is 0 Å². The Morgan fingerprint density at radius 2 is 1.78 bits per heavy atom. The molecule has 2 aromatic carbocycles. The van der Waals surface area contributed by atoms with Crippen molar-refractivity contribution in [2.45, 2.75) is 0 Å². The Morgan fingerprint density at radius 3 is 2.44 bits per heavy atom. The number of carboxylic acids is 1. The van der Waals surface area contributed by atoms with Gasteiger partial charge in [0.2, 0.25) is 0 Å². The molecule has 0 amide bonds. The number of aromatic carboxylic acids is 1. The van der Waals surface area contributed by atoms with E-state index in [2.05, 4.69) is 0 Å². The quantitative estimate of drug-likeness (QED) is 0.917. The molecule has 0 atom stereocenters. The van der Waals surface area contributed by atoms with E-state index in [0.29, 0.717) is 16.9 Å². The minimum atomic E-state index is -1.05. The predicted molar refractivity (Wildman–Crippen MR) is 70.4 cm³/mol. The molecule has 2 aromatic rings. The van der Waals surface area contributed by atoms with Crippen LogP contribution in [0.15, 0.2) is 42.5 Å². The number of carboxylic acid groups (broad SMARTS) is 1. The van der Waals surface area contributed by atoms with E-state index < -0.39 is 5.97 Å². The van der Waals surface area contributed by atoms with Gasteiger partial charge in [0.05, 0.1) is 17.7 Å². The molecule has 0 aliphatic rings.